The maximum atomic E-state index is 5.96. The highest BCUT2D eigenvalue weighted by atomic mass is 79.9. The minimum atomic E-state index is 0. The SMILES string of the molecule is Brc1ccccc1C[n+]1ccn(Cc2c3c(cc4c2OCC4)OCC3)c1.[Br-]. The molecule has 0 radical (unpaired) electrons. The molecule has 2 aliphatic heterocycles. The largest absolute Gasteiger partial charge is 1.00 e. The molecule has 3 heterocycles. The van der Waals surface area contributed by atoms with E-state index in [2.05, 4.69) is 68.1 Å². The van der Waals surface area contributed by atoms with Crippen LogP contribution in [0.4, 0.5) is 0 Å². The summed E-state index contributed by atoms with van der Waals surface area (Å²) >= 11 is 3.63. The van der Waals surface area contributed by atoms with E-state index in [4.69, 9.17) is 9.47 Å². The Bertz CT molecular complexity index is 952. The Morgan fingerprint density at radius 2 is 1.96 bits per heavy atom. The lowest BCUT2D eigenvalue weighted by molar-refractivity contribution is -0.687. The Balaban J connectivity index is 0.00000180. The Morgan fingerprint density at radius 3 is 2.85 bits per heavy atom. The molecule has 2 aromatic carbocycles. The van der Waals surface area contributed by atoms with Crippen LogP contribution in [0, 0.1) is 0 Å². The van der Waals surface area contributed by atoms with Crippen LogP contribution in [-0.4, -0.2) is 17.8 Å². The molecular weight excluding hydrogens is 472 g/mol. The molecule has 140 valence electrons. The van der Waals surface area contributed by atoms with Gasteiger partial charge in [-0.25, -0.2) is 9.13 Å². The molecule has 27 heavy (non-hydrogen) atoms. The molecule has 0 saturated heterocycles. The summed E-state index contributed by atoms with van der Waals surface area (Å²) in [6, 6.07) is 10.5. The maximum Gasteiger partial charge on any atom is 0.244 e. The van der Waals surface area contributed by atoms with Gasteiger partial charge in [-0.2, -0.15) is 0 Å². The van der Waals surface area contributed by atoms with Crippen LogP contribution in [0.3, 0.4) is 0 Å². The average Bonchev–Trinajstić information content (AvgIpc) is 3.37. The highest BCUT2D eigenvalue weighted by Crippen LogP contribution is 2.40. The second kappa shape index (κ2) is 7.68. The zero-order valence-electron chi connectivity index (χ0n) is 14.8. The van der Waals surface area contributed by atoms with Crippen LogP contribution in [0.5, 0.6) is 11.5 Å². The van der Waals surface area contributed by atoms with E-state index in [1.165, 1.54) is 22.3 Å². The molecule has 6 heteroatoms. The van der Waals surface area contributed by atoms with Crippen LogP contribution in [0.1, 0.15) is 22.3 Å². The molecule has 0 spiro atoms. The van der Waals surface area contributed by atoms with E-state index in [1.807, 2.05) is 6.07 Å². The Hall–Kier alpha value is -1.79. The van der Waals surface area contributed by atoms with Crippen LogP contribution in [0.25, 0.3) is 0 Å². The summed E-state index contributed by atoms with van der Waals surface area (Å²) in [4.78, 5) is 0. The van der Waals surface area contributed by atoms with Gasteiger partial charge in [-0.05, 0) is 12.1 Å². The van der Waals surface area contributed by atoms with Gasteiger partial charge in [0.25, 0.3) is 0 Å². The molecular formula is C21H20Br2N2O2. The third-order valence-corrected chi connectivity index (χ3v) is 5.93. The van der Waals surface area contributed by atoms with E-state index in [0.29, 0.717) is 0 Å². The first-order valence-electron chi connectivity index (χ1n) is 8.99. The van der Waals surface area contributed by atoms with Gasteiger partial charge < -0.3 is 26.5 Å². The quantitative estimate of drug-likeness (QED) is 0.497. The van der Waals surface area contributed by atoms with Crippen molar-refractivity contribution in [1.29, 1.82) is 0 Å². The fourth-order valence-corrected chi connectivity index (χ4v) is 4.29. The molecule has 0 aliphatic carbocycles. The molecule has 5 rings (SSSR count). The molecule has 0 atom stereocenters. The molecule has 1 aromatic heterocycles. The lowest BCUT2D eigenvalue weighted by Gasteiger charge is -2.11. The highest BCUT2D eigenvalue weighted by molar-refractivity contribution is 9.10. The minimum Gasteiger partial charge on any atom is -1.00 e. The molecule has 0 fully saturated rings. The summed E-state index contributed by atoms with van der Waals surface area (Å²) in [5.41, 5.74) is 5.16. The predicted octanol–water partition coefficient (Wildman–Crippen LogP) is 0.508. The van der Waals surface area contributed by atoms with E-state index in [0.717, 1.165) is 55.1 Å². The first-order chi connectivity index (χ1) is 12.8. The van der Waals surface area contributed by atoms with E-state index in [1.54, 1.807) is 0 Å². The predicted molar refractivity (Wildman–Crippen MR) is 102 cm³/mol. The monoisotopic (exact) mass is 490 g/mol. The Kier molecular flexibility index (Phi) is 5.28. The van der Waals surface area contributed by atoms with E-state index in [9.17, 15) is 0 Å². The van der Waals surface area contributed by atoms with Crippen LogP contribution in [0.15, 0.2) is 53.5 Å². The van der Waals surface area contributed by atoms with Crippen molar-refractivity contribution in [1.82, 2.24) is 4.57 Å². The third kappa shape index (κ3) is 3.52. The van der Waals surface area contributed by atoms with Crippen molar-refractivity contribution >= 4 is 15.9 Å². The van der Waals surface area contributed by atoms with Crippen molar-refractivity contribution < 1.29 is 31.0 Å². The molecule has 0 amide bonds. The summed E-state index contributed by atoms with van der Waals surface area (Å²) in [6.45, 7) is 3.22. The first-order valence-corrected chi connectivity index (χ1v) is 9.79. The second-order valence-corrected chi connectivity index (χ2v) is 7.72. The van der Waals surface area contributed by atoms with E-state index >= 15 is 0 Å². The number of fused-ring (bicyclic) bond motifs is 2. The minimum absolute atomic E-state index is 0. The van der Waals surface area contributed by atoms with E-state index in [-0.39, 0.29) is 17.0 Å². The summed E-state index contributed by atoms with van der Waals surface area (Å²) in [6.07, 6.45) is 8.37. The molecule has 0 unspecified atom stereocenters. The van der Waals surface area contributed by atoms with Crippen LogP contribution >= 0.6 is 15.9 Å². The highest BCUT2D eigenvalue weighted by Gasteiger charge is 2.27. The van der Waals surface area contributed by atoms with Gasteiger partial charge in [-0.15, -0.1) is 0 Å². The number of hydrogen-bond acceptors (Lipinski definition) is 2. The number of rotatable bonds is 4. The van der Waals surface area contributed by atoms with Gasteiger partial charge in [-0.3, -0.25) is 0 Å². The fraction of sp³-hybridized carbons (Fsp3) is 0.286. The van der Waals surface area contributed by atoms with Crippen LogP contribution < -0.4 is 31.0 Å². The average molecular weight is 492 g/mol. The standard InChI is InChI=1S/C21H20BrN2O2.BrH/c22-19-4-2-1-3-16(19)12-23-7-8-24(14-23)13-18-17-6-10-25-20(17)11-15-5-9-26-21(15)18;/h1-4,7-8,11,14H,5-6,9-10,12-13H2;1H/q+1;/p-1. The summed E-state index contributed by atoms with van der Waals surface area (Å²) < 4.78 is 17.4. The summed E-state index contributed by atoms with van der Waals surface area (Å²) in [5, 5.41) is 0. The Labute approximate surface area is 177 Å². The number of hydrogen-bond donors (Lipinski definition) is 0. The molecule has 0 bridgehead atoms. The number of benzene rings is 2. The number of ether oxygens (including phenoxy) is 2. The number of imidazole rings is 1. The Morgan fingerprint density at radius 1 is 1.11 bits per heavy atom. The number of halogens is 2. The van der Waals surface area contributed by atoms with Gasteiger partial charge in [-0.1, -0.05) is 34.1 Å². The van der Waals surface area contributed by atoms with Gasteiger partial charge in [0, 0.05) is 39.6 Å². The summed E-state index contributed by atoms with van der Waals surface area (Å²) in [7, 11) is 0. The smallest absolute Gasteiger partial charge is 0.244 e. The van der Waals surface area contributed by atoms with Crippen molar-refractivity contribution in [2.45, 2.75) is 25.9 Å². The van der Waals surface area contributed by atoms with Crippen molar-refractivity contribution in [3.63, 3.8) is 0 Å². The van der Waals surface area contributed by atoms with Gasteiger partial charge in [0.1, 0.15) is 37.0 Å². The molecule has 3 aromatic rings. The summed E-state index contributed by atoms with van der Waals surface area (Å²) in [5.74, 6) is 2.14. The first kappa shape index (κ1) is 18.6. The van der Waals surface area contributed by atoms with Gasteiger partial charge in [0.2, 0.25) is 6.33 Å². The fourth-order valence-electron chi connectivity index (χ4n) is 3.88. The molecule has 0 saturated carbocycles. The van der Waals surface area contributed by atoms with Crippen molar-refractivity contribution in [3.05, 3.63) is 75.8 Å². The van der Waals surface area contributed by atoms with Crippen molar-refractivity contribution in [2.24, 2.45) is 0 Å². The van der Waals surface area contributed by atoms with Crippen molar-refractivity contribution in [3.8, 4) is 11.5 Å². The van der Waals surface area contributed by atoms with Crippen LogP contribution in [-0.2, 0) is 25.9 Å². The molecule has 2 aliphatic rings. The zero-order chi connectivity index (χ0) is 17.5. The van der Waals surface area contributed by atoms with Crippen LogP contribution in [0.2, 0.25) is 0 Å². The normalized spacial score (nSPS) is 14.1. The topological polar surface area (TPSA) is 27.3 Å². The molecule has 4 nitrogen and oxygen atoms in total. The second-order valence-electron chi connectivity index (χ2n) is 6.87. The number of aromatic nitrogens is 2. The third-order valence-electron chi connectivity index (χ3n) is 5.16. The van der Waals surface area contributed by atoms with Crippen molar-refractivity contribution in [2.75, 3.05) is 13.2 Å². The lowest BCUT2D eigenvalue weighted by Crippen LogP contribution is -3.00. The molecule has 0 N–H and O–H groups in total. The number of nitrogens with zero attached hydrogens (tertiary/aromatic N) is 2. The van der Waals surface area contributed by atoms with Gasteiger partial charge in [0.05, 0.1) is 13.2 Å². The zero-order valence-corrected chi connectivity index (χ0v) is 18.0. The van der Waals surface area contributed by atoms with E-state index < -0.39 is 0 Å². The maximum absolute atomic E-state index is 5.96. The van der Waals surface area contributed by atoms with Gasteiger partial charge >= 0.3 is 0 Å². The van der Waals surface area contributed by atoms with Gasteiger partial charge in [0.15, 0.2) is 0 Å². The lowest BCUT2D eigenvalue weighted by atomic mass is 9.99.